The summed E-state index contributed by atoms with van der Waals surface area (Å²) in [6.07, 6.45) is 10.0. The first-order chi connectivity index (χ1) is 11.3. The van der Waals surface area contributed by atoms with E-state index in [1.807, 2.05) is 12.3 Å². The molecule has 5 heteroatoms. The zero-order valence-corrected chi connectivity index (χ0v) is 13.8. The van der Waals surface area contributed by atoms with Crippen LogP contribution in [0.1, 0.15) is 44.1 Å². The van der Waals surface area contributed by atoms with E-state index in [-0.39, 0.29) is 12.0 Å². The number of ether oxygens (including phenoxy) is 1. The molecule has 1 N–H and O–H groups in total. The Hall–Kier alpha value is -1.33. The second-order valence-corrected chi connectivity index (χ2v) is 6.83. The lowest BCUT2D eigenvalue weighted by Crippen LogP contribution is -2.34. The van der Waals surface area contributed by atoms with E-state index < -0.39 is 0 Å². The Morgan fingerprint density at radius 1 is 1.30 bits per heavy atom. The van der Waals surface area contributed by atoms with Gasteiger partial charge >= 0.3 is 0 Å². The number of rotatable bonds is 7. The number of amides is 1. The summed E-state index contributed by atoms with van der Waals surface area (Å²) >= 11 is 0. The van der Waals surface area contributed by atoms with Crippen LogP contribution in [0, 0.1) is 5.92 Å². The van der Waals surface area contributed by atoms with Gasteiger partial charge in [-0.15, -0.1) is 0 Å². The molecule has 0 bridgehead atoms. The van der Waals surface area contributed by atoms with E-state index in [1.54, 1.807) is 6.26 Å². The molecule has 0 aromatic carbocycles. The van der Waals surface area contributed by atoms with Gasteiger partial charge in [-0.25, -0.2) is 0 Å². The van der Waals surface area contributed by atoms with Crippen LogP contribution < -0.4 is 5.32 Å². The zero-order chi connectivity index (χ0) is 15.9. The summed E-state index contributed by atoms with van der Waals surface area (Å²) in [5, 5.41) is 3.02. The fourth-order valence-electron chi connectivity index (χ4n) is 3.53. The largest absolute Gasteiger partial charge is 0.472 e. The van der Waals surface area contributed by atoms with Crippen LogP contribution >= 0.6 is 0 Å². The third-order valence-corrected chi connectivity index (χ3v) is 5.02. The van der Waals surface area contributed by atoms with Crippen molar-refractivity contribution in [2.75, 3.05) is 26.2 Å². The van der Waals surface area contributed by atoms with E-state index in [0.29, 0.717) is 18.9 Å². The van der Waals surface area contributed by atoms with Gasteiger partial charge < -0.3 is 14.5 Å². The number of hydrogen-bond acceptors (Lipinski definition) is 4. The summed E-state index contributed by atoms with van der Waals surface area (Å²) in [6.45, 7) is 4.74. The number of hydrogen-bond donors (Lipinski definition) is 1. The molecule has 3 heterocycles. The van der Waals surface area contributed by atoms with Gasteiger partial charge in [-0.05, 0) is 57.2 Å². The molecule has 23 heavy (non-hydrogen) atoms. The molecule has 128 valence electrons. The standard InChI is InChI=1S/C18H28N2O3/c21-18(19-12-17-2-1-10-23-17)4-3-15-5-8-20(9-6-15)13-16-7-11-22-14-16/h7,11,14-15,17H,1-6,8-10,12-13H2,(H,19,21). The average Bonchev–Trinajstić information content (AvgIpc) is 3.26. The van der Waals surface area contributed by atoms with Gasteiger partial charge in [-0.1, -0.05) is 0 Å². The van der Waals surface area contributed by atoms with Crippen molar-refractivity contribution < 1.29 is 13.9 Å². The minimum atomic E-state index is 0.182. The third-order valence-electron chi connectivity index (χ3n) is 5.02. The van der Waals surface area contributed by atoms with Gasteiger partial charge in [-0.3, -0.25) is 9.69 Å². The topological polar surface area (TPSA) is 54.7 Å². The Balaban J connectivity index is 1.27. The highest BCUT2D eigenvalue weighted by atomic mass is 16.5. The summed E-state index contributed by atoms with van der Waals surface area (Å²) in [4.78, 5) is 14.4. The Labute approximate surface area is 138 Å². The molecular formula is C18H28N2O3. The van der Waals surface area contributed by atoms with Crippen molar-refractivity contribution in [3.05, 3.63) is 24.2 Å². The first-order valence-electron chi connectivity index (χ1n) is 8.91. The van der Waals surface area contributed by atoms with Crippen molar-refractivity contribution in [1.82, 2.24) is 10.2 Å². The maximum atomic E-state index is 11.9. The molecule has 0 radical (unpaired) electrons. The molecule has 5 nitrogen and oxygen atoms in total. The molecular weight excluding hydrogens is 292 g/mol. The molecule has 0 spiro atoms. The summed E-state index contributed by atoms with van der Waals surface area (Å²) in [7, 11) is 0. The molecule has 1 aromatic rings. The quantitative estimate of drug-likeness (QED) is 0.839. The molecule has 2 fully saturated rings. The molecule has 1 amide bonds. The van der Waals surface area contributed by atoms with Gasteiger partial charge in [0.2, 0.25) is 5.91 Å². The highest BCUT2D eigenvalue weighted by Gasteiger charge is 2.21. The lowest BCUT2D eigenvalue weighted by atomic mass is 9.92. The summed E-state index contributed by atoms with van der Waals surface area (Å²) in [6, 6.07) is 2.03. The van der Waals surface area contributed by atoms with Crippen LogP contribution in [-0.2, 0) is 16.1 Å². The number of piperidine rings is 1. The minimum Gasteiger partial charge on any atom is -0.472 e. The molecule has 2 aliphatic rings. The molecule has 2 saturated heterocycles. The van der Waals surface area contributed by atoms with Gasteiger partial charge in [-0.2, -0.15) is 0 Å². The molecule has 0 saturated carbocycles. The number of carbonyl (C=O) groups excluding carboxylic acids is 1. The predicted octanol–water partition coefficient (Wildman–Crippen LogP) is 2.57. The Morgan fingerprint density at radius 2 is 2.17 bits per heavy atom. The first-order valence-corrected chi connectivity index (χ1v) is 8.91. The molecule has 1 atom stereocenters. The number of furan rings is 1. The zero-order valence-electron chi connectivity index (χ0n) is 13.8. The Bertz CT molecular complexity index is 461. The number of likely N-dealkylation sites (tertiary alicyclic amines) is 1. The van der Waals surface area contributed by atoms with Crippen LogP contribution in [0.25, 0.3) is 0 Å². The van der Waals surface area contributed by atoms with Crippen LogP contribution in [0.15, 0.2) is 23.0 Å². The smallest absolute Gasteiger partial charge is 0.220 e. The number of nitrogens with zero attached hydrogens (tertiary/aromatic N) is 1. The summed E-state index contributed by atoms with van der Waals surface area (Å²) in [5.41, 5.74) is 1.25. The van der Waals surface area contributed by atoms with Gasteiger partial charge in [0.1, 0.15) is 0 Å². The van der Waals surface area contributed by atoms with Gasteiger partial charge in [0.25, 0.3) is 0 Å². The lowest BCUT2D eigenvalue weighted by molar-refractivity contribution is -0.122. The van der Waals surface area contributed by atoms with Crippen molar-refractivity contribution >= 4 is 5.91 Å². The van der Waals surface area contributed by atoms with Gasteiger partial charge in [0.05, 0.1) is 18.6 Å². The second kappa shape index (κ2) is 8.50. The van der Waals surface area contributed by atoms with E-state index in [0.717, 1.165) is 45.5 Å². The second-order valence-electron chi connectivity index (χ2n) is 6.83. The van der Waals surface area contributed by atoms with Crippen LogP contribution in [0.4, 0.5) is 0 Å². The summed E-state index contributed by atoms with van der Waals surface area (Å²) < 4.78 is 10.6. The van der Waals surface area contributed by atoms with Crippen molar-refractivity contribution in [2.45, 2.75) is 51.2 Å². The van der Waals surface area contributed by atoms with Crippen LogP contribution in [0.2, 0.25) is 0 Å². The maximum absolute atomic E-state index is 11.9. The lowest BCUT2D eigenvalue weighted by Gasteiger charge is -2.31. The van der Waals surface area contributed by atoms with E-state index in [2.05, 4.69) is 10.2 Å². The third kappa shape index (κ3) is 5.36. The van der Waals surface area contributed by atoms with Crippen molar-refractivity contribution in [3.8, 4) is 0 Å². The normalized spacial score (nSPS) is 23.2. The highest BCUT2D eigenvalue weighted by molar-refractivity contribution is 5.75. The van der Waals surface area contributed by atoms with E-state index in [9.17, 15) is 4.79 Å². The maximum Gasteiger partial charge on any atom is 0.220 e. The van der Waals surface area contributed by atoms with E-state index >= 15 is 0 Å². The SMILES string of the molecule is O=C(CCC1CCN(Cc2ccoc2)CC1)NCC1CCCO1. The number of carbonyl (C=O) groups is 1. The van der Waals surface area contributed by atoms with Gasteiger partial charge in [0.15, 0.2) is 0 Å². The first kappa shape index (κ1) is 16.5. The van der Waals surface area contributed by atoms with Crippen LogP contribution in [-0.4, -0.2) is 43.2 Å². The van der Waals surface area contributed by atoms with Crippen molar-refractivity contribution in [1.29, 1.82) is 0 Å². The Kier molecular flexibility index (Phi) is 6.11. The predicted molar refractivity (Wildman–Crippen MR) is 87.9 cm³/mol. The molecule has 0 aliphatic carbocycles. The fraction of sp³-hybridized carbons (Fsp3) is 0.722. The molecule has 2 aliphatic heterocycles. The number of nitrogens with one attached hydrogen (secondary N) is 1. The van der Waals surface area contributed by atoms with E-state index in [1.165, 1.54) is 18.4 Å². The Morgan fingerprint density at radius 3 is 2.87 bits per heavy atom. The monoisotopic (exact) mass is 320 g/mol. The van der Waals surface area contributed by atoms with E-state index in [4.69, 9.17) is 9.15 Å². The molecule has 3 rings (SSSR count). The van der Waals surface area contributed by atoms with Crippen LogP contribution in [0.3, 0.4) is 0 Å². The van der Waals surface area contributed by atoms with Crippen molar-refractivity contribution in [2.24, 2.45) is 5.92 Å². The molecule has 1 aromatic heterocycles. The average molecular weight is 320 g/mol. The minimum absolute atomic E-state index is 0.182. The highest BCUT2D eigenvalue weighted by Crippen LogP contribution is 2.23. The summed E-state index contributed by atoms with van der Waals surface area (Å²) in [5.74, 6) is 0.866. The molecule has 1 unspecified atom stereocenters. The van der Waals surface area contributed by atoms with Gasteiger partial charge in [0, 0.05) is 31.7 Å². The fourth-order valence-corrected chi connectivity index (χ4v) is 3.53. The van der Waals surface area contributed by atoms with Crippen molar-refractivity contribution in [3.63, 3.8) is 0 Å². The van der Waals surface area contributed by atoms with Crippen LogP contribution in [0.5, 0.6) is 0 Å².